The van der Waals surface area contributed by atoms with Crippen LogP contribution in [-0.2, 0) is 16.5 Å². The maximum absolute atomic E-state index is 13.0. The van der Waals surface area contributed by atoms with Gasteiger partial charge in [0.05, 0.1) is 5.25 Å². The van der Waals surface area contributed by atoms with Crippen molar-refractivity contribution in [2.75, 3.05) is 0 Å². The number of aliphatic hydroxyl groups is 1. The van der Waals surface area contributed by atoms with Crippen LogP contribution in [0.15, 0.2) is 89.4 Å². The fourth-order valence-corrected chi connectivity index (χ4v) is 7.64. The van der Waals surface area contributed by atoms with Crippen LogP contribution in [0.5, 0.6) is 11.5 Å². The highest BCUT2D eigenvalue weighted by atomic mass is 32.2. The molecule has 0 fully saturated rings. The van der Waals surface area contributed by atoms with E-state index in [1.807, 2.05) is 48.6 Å². The lowest BCUT2D eigenvalue weighted by atomic mass is 9.64. The minimum Gasteiger partial charge on any atom is -0.508 e. The van der Waals surface area contributed by atoms with Crippen LogP contribution in [0.1, 0.15) is 58.9 Å². The van der Waals surface area contributed by atoms with Gasteiger partial charge in [-0.15, -0.1) is 0 Å². The number of nitrogens with two attached hydrogens (primary N) is 2. The summed E-state index contributed by atoms with van der Waals surface area (Å²) in [6.07, 6.45) is 5.19. The average molecular weight is 588 g/mol. The number of phenolic OH excluding ortho intramolecular Hbond substituents is 1. The van der Waals surface area contributed by atoms with Crippen LogP contribution in [-0.4, -0.2) is 34.4 Å². The molecule has 0 amide bonds. The maximum atomic E-state index is 13.0. The van der Waals surface area contributed by atoms with E-state index in [0.717, 1.165) is 22.3 Å². The Morgan fingerprint density at radius 2 is 1.76 bits per heavy atom. The number of nitrogens with zero attached hydrogens (tertiary/aromatic N) is 1. The molecule has 0 radical (unpaired) electrons. The number of hydrogen-bond acceptors (Lipinski definition) is 6. The van der Waals surface area contributed by atoms with Gasteiger partial charge in [0.2, 0.25) is 6.23 Å². The Labute approximate surface area is 244 Å². The fourth-order valence-electron chi connectivity index (χ4n) is 6.58. The lowest BCUT2D eigenvalue weighted by Crippen LogP contribution is -2.39. The molecule has 9 rings (SSSR count). The largest absolute Gasteiger partial charge is 0.508 e. The first-order chi connectivity index (χ1) is 20.1. The van der Waals surface area contributed by atoms with Gasteiger partial charge in [-0.25, -0.2) is 4.99 Å². The maximum Gasteiger partial charge on any atom is 0.268 e. The number of rotatable bonds is 4. The van der Waals surface area contributed by atoms with Crippen molar-refractivity contribution < 1.29 is 27.9 Å². The first-order valence-electron chi connectivity index (χ1n) is 13.9. The van der Waals surface area contributed by atoms with Crippen molar-refractivity contribution in [3.63, 3.8) is 0 Å². The van der Waals surface area contributed by atoms with Crippen LogP contribution in [0.2, 0.25) is 0 Å². The van der Waals surface area contributed by atoms with E-state index in [1.54, 1.807) is 24.3 Å². The predicted molar refractivity (Wildman–Crippen MR) is 160 cm³/mol. The van der Waals surface area contributed by atoms with E-state index in [2.05, 4.69) is 4.99 Å². The van der Waals surface area contributed by atoms with E-state index in [4.69, 9.17) is 16.2 Å². The summed E-state index contributed by atoms with van der Waals surface area (Å²) in [5, 5.41) is 20.0. The predicted octanol–water partition coefficient (Wildman–Crippen LogP) is 4.35. The summed E-state index contributed by atoms with van der Waals surface area (Å²) < 4.78 is 42.9. The highest BCUT2D eigenvalue weighted by molar-refractivity contribution is 7.86. The van der Waals surface area contributed by atoms with Crippen molar-refractivity contribution in [3.05, 3.63) is 112 Å². The van der Waals surface area contributed by atoms with Crippen molar-refractivity contribution in [3.8, 4) is 11.5 Å². The standard InChI is InChI=1S/C32H33N3O6S/c33-32(34)35-31-22-8-13-26-20(15-22)4-5-21-16-23(30(37)19-6-9-24(36)10-7-19)17-27(29(21)26)28(42(38,39)40)14-3-18-1-11-25(41-31)12-2-18/h1-2,4-13,15,17,21,27-31,36-37H,3,14,16H2,(H4,33,34,35)(H,38,39,40)/t21-,27+,28+,29+,30-,31+/m0/s1. The van der Waals surface area contributed by atoms with Gasteiger partial charge in [-0.1, -0.05) is 54.6 Å². The highest BCUT2D eigenvalue weighted by Gasteiger charge is 2.44. The molecule has 10 heteroatoms. The highest BCUT2D eigenvalue weighted by Crippen LogP contribution is 2.51. The summed E-state index contributed by atoms with van der Waals surface area (Å²) in [6, 6.07) is 19.4. The first kappa shape index (κ1) is 28.0. The summed E-state index contributed by atoms with van der Waals surface area (Å²) in [6.45, 7) is 0. The number of benzene rings is 3. The molecule has 7 N–H and O–H groups in total. The minimum atomic E-state index is -4.49. The molecular weight excluding hydrogens is 554 g/mol. The Morgan fingerprint density at radius 3 is 2.45 bits per heavy atom. The number of aryl methyl sites for hydroxylation is 1. The second-order valence-electron chi connectivity index (χ2n) is 11.2. The second-order valence-corrected chi connectivity index (χ2v) is 12.8. The van der Waals surface area contributed by atoms with Gasteiger partial charge in [0.15, 0.2) is 5.96 Å². The molecule has 2 aliphatic carbocycles. The second kappa shape index (κ2) is 10.9. The molecular formula is C32H33N3O6S. The molecule has 4 heterocycles. The molecule has 218 valence electrons. The number of aromatic hydroxyl groups is 1. The molecule has 0 saturated carbocycles. The van der Waals surface area contributed by atoms with Crippen LogP contribution in [0.3, 0.4) is 0 Å². The van der Waals surface area contributed by atoms with Gasteiger partial charge in [-0.05, 0) is 89.3 Å². The van der Waals surface area contributed by atoms with Crippen LogP contribution in [0, 0.1) is 11.8 Å². The molecule has 3 aromatic carbocycles. The quantitative estimate of drug-likeness (QED) is 0.130. The Morgan fingerprint density at radius 1 is 1.02 bits per heavy atom. The van der Waals surface area contributed by atoms with E-state index in [9.17, 15) is 23.2 Å². The number of phenols is 1. The number of aliphatic imine (C=N–C) groups is 1. The van der Waals surface area contributed by atoms with Crippen LogP contribution >= 0.6 is 0 Å². The molecule has 4 aliphatic heterocycles. The van der Waals surface area contributed by atoms with Crippen LogP contribution < -0.4 is 16.2 Å². The summed E-state index contributed by atoms with van der Waals surface area (Å²) in [5.41, 5.74) is 16.2. The number of allylic oxidation sites excluding steroid dienone is 2. The molecule has 0 aromatic heterocycles. The molecule has 0 unspecified atom stereocenters. The molecule has 0 saturated heterocycles. The van der Waals surface area contributed by atoms with E-state index < -0.39 is 33.6 Å². The van der Waals surface area contributed by atoms with Gasteiger partial charge in [-0.2, -0.15) is 8.42 Å². The van der Waals surface area contributed by atoms with Gasteiger partial charge in [0, 0.05) is 11.5 Å². The van der Waals surface area contributed by atoms with E-state index >= 15 is 0 Å². The fraction of sp³-hybridized carbons (Fsp3) is 0.281. The zero-order chi connectivity index (χ0) is 29.6. The van der Waals surface area contributed by atoms with Crippen LogP contribution in [0.25, 0.3) is 6.08 Å². The zero-order valence-corrected chi connectivity index (χ0v) is 23.6. The summed E-state index contributed by atoms with van der Waals surface area (Å²) >= 11 is 0. The number of aliphatic hydroxyl groups excluding tert-OH is 1. The third kappa shape index (κ3) is 5.53. The SMILES string of the molecule is NC(N)=N[C@@H]1Oc2ccc(cc2)CC[C@@H](S(=O)(=O)O)[C@H]2C=C([C@@H](O)c3ccc(O)cc3)C[C@@H]3C=Cc4cc1ccc4[C@H]23. The summed E-state index contributed by atoms with van der Waals surface area (Å²) in [4.78, 5) is 4.31. The van der Waals surface area contributed by atoms with Gasteiger partial charge in [-0.3, -0.25) is 4.55 Å². The monoisotopic (exact) mass is 587 g/mol. The van der Waals surface area contributed by atoms with Crippen molar-refractivity contribution >= 4 is 22.2 Å². The third-order valence-corrected chi connectivity index (χ3v) is 9.87. The minimum absolute atomic E-state index is 0.0867. The van der Waals surface area contributed by atoms with Gasteiger partial charge in [0.25, 0.3) is 10.1 Å². The Hall–Kier alpha value is -4.12. The Bertz CT molecular complexity index is 1680. The first-order valence-corrected chi connectivity index (χ1v) is 15.4. The lowest BCUT2D eigenvalue weighted by molar-refractivity contribution is 0.196. The molecule has 6 bridgehead atoms. The average Bonchev–Trinajstić information content (AvgIpc) is 2.96. The number of hydrogen-bond donors (Lipinski definition) is 5. The molecule has 6 atom stereocenters. The lowest BCUT2D eigenvalue weighted by Gasteiger charge is -2.42. The van der Waals surface area contributed by atoms with Gasteiger partial charge >= 0.3 is 0 Å². The van der Waals surface area contributed by atoms with Crippen molar-refractivity contribution in [1.82, 2.24) is 0 Å². The molecule has 9 nitrogen and oxygen atoms in total. The third-order valence-electron chi connectivity index (χ3n) is 8.56. The van der Waals surface area contributed by atoms with Crippen molar-refractivity contribution in [2.24, 2.45) is 28.3 Å². The van der Waals surface area contributed by atoms with Crippen molar-refractivity contribution in [2.45, 2.75) is 42.8 Å². The van der Waals surface area contributed by atoms with Gasteiger partial charge < -0.3 is 26.4 Å². The summed E-state index contributed by atoms with van der Waals surface area (Å²) in [5.74, 6) is -0.489. The number of ether oxygens (including phenoxy) is 1. The molecule has 0 spiro atoms. The molecule has 6 aliphatic rings. The molecule has 42 heavy (non-hydrogen) atoms. The number of guanidine groups is 1. The van der Waals surface area contributed by atoms with E-state index in [-0.39, 0.29) is 30.0 Å². The normalized spacial score (nSPS) is 25.5. The molecule has 3 aromatic rings. The van der Waals surface area contributed by atoms with E-state index in [0.29, 0.717) is 29.7 Å². The Kier molecular flexibility index (Phi) is 7.30. The summed E-state index contributed by atoms with van der Waals surface area (Å²) in [7, 11) is -4.49. The van der Waals surface area contributed by atoms with E-state index in [1.165, 1.54) is 12.1 Å². The van der Waals surface area contributed by atoms with Crippen LogP contribution in [0.4, 0.5) is 0 Å². The van der Waals surface area contributed by atoms with Gasteiger partial charge in [0.1, 0.15) is 17.6 Å². The Balaban J connectivity index is 1.51. The smallest absolute Gasteiger partial charge is 0.268 e. The van der Waals surface area contributed by atoms with Crippen molar-refractivity contribution in [1.29, 1.82) is 0 Å². The topological polar surface area (TPSA) is 168 Å². The zero-order valence-electron chi connectivity index (χ0n) is 22.7.